The molecule has 0 saturated heterocycles. The lowest BCUT2D eigenvalue weighted by Crippen LogP contribution is -2.18. The van der Waals surface area contributed by atoms with Crippen LogP contribution in [0.3, 0.4) is 0 Å². The smallest absolute Gasteiger partial charge is 0.0778 e. The summed E-state index contributed by atoms with van der Waals surface area (Å²) in [6.45, 7) is 2.92. The molecule has 0 saturated carbocycles. The molecule has 0 aromatic rings. The maximum Gasteiger partial charge on any atom is 0.0778 e. The molecule has 0 aliphatic heterocycles. The van der Waals surface area contributed by atoms with Gasteiger partial charge < -0.3 is 15.6 Å². The Balaban J connectivity index is 2.86. The second-order valence-electron chi connectivity index (χ2n) is 1.65. The predicted molar refractivity (Wildman–Crippen MR) is 31.6 cm³/mol. The summed E-state index contributed by atoms with van der Waals surface area (Å²) < 4.78 is 4.97. The van der Waals surface area contributed by atoms with Crippen molar-refractivity contribution < 1.29 is 9.84 Å². The summed E-state index contributed by atoms with van der Waals surface area (Å²) in [5.74, 6) is 0. The van der Waals surface area contributed by atoms with E-state index in [1.165, 1.54) is 0 Å². The Kier molecular flexibility index (Phi) is 4.95. The summed E-state index contributed by atoms with van der Waals surface area (Å²) in [7, 11) is 0. The van der Waals surface area contributed by atoms with E-state index < -0.39 is 0 Å². The lowest BCUT2D eigenvalue weighted by Gasteiger charge is -2.06. The molecule has 0 spiro atoms. The van der Waals surface area contributed by atoms with Gasteiger partial charge in [0.1, 0.15) is 0 Å². The number of aliphatic hydroxyl groups is 1. The molecule has 0 fully saturated rings. The topological polar surface area (TPSA) is 55.5 Å². The van der Waals surface area contributed by atoms with Crippen molar-refractivity contribution >= 4 is 0 Å². The van der Waals surface area contributed by atoms with Gasteiger partial charge in [-0.3, -0.25) is 0 Å². The van der Waals surface area contributed by atoms with Crippen LogP contribution in [-0.2, 0) is 4.74 Å². The number of hydrogen-bond acceptors (Lipinski definition) is 3. The third-order valence-corrected chi connectivity index (χ3v) is 0.777. The van der Waals surface area contributed by atoms with Gasteiger partial charge in [0.15, 0.2) is 0 Å². The Bertz CT molecular complexity index is 49.7. The minimum atomic E-state index is -0.0708. The maximum absolute atomic E-state index is 8.40. The van der Waals surface area contributed by atoms with Crippen molar-refractivity contribution in [1.29, 1.82) is 0 Å². The second kappa shape index (κ2) is 5.03. The molecular weight excluding hydrogens is 106 g/mol. The summed E-state index contributed by atoms with van der Waals surface area (Å²) in [4.78, 5) is 0. The van der Waals surface area contributed by atoms with Crippen LogP contribution in [0.1, 0.15) is 6.92 Å². The van der Waals surface area contributed by atoms with Gasteiger partial charge in [-0.2, -0.15) is 0 Å². The molecule has 0 unspecified atom stereocenters. The zero-order chi connectivity index (χ0) is 6.41. The Labute approximate surface area is 49.4 Å². The Morgan fingerprint density at radius 2 is 2.38 bits per heavy atom. The Hall–Kier alpha value is -0.120. The van der Waals surface area contributed by atoms with Gasteiger partial charge in [-0.05, 0) is 6.92 Å². The third-order valence-electron chi connectivity index (χ3n) is 0.777. The van der Waals surface area contributed by atoms with Crippen LogP contribution in [0.4, 0.5) is 0 Å². The van der Waals surface area contributed by atoms with Crippen LogP contribution < -0.4 is 5.73 Å². The molecule has 0 amide bonds. The van der Waals surface area contributed by atoms with Gasteiger partial charge in [-0.15, -0.1) is 0 Å². The second-order valence-corrected chi connectivity index (χ2v) is 1.65. The fourth-order valence-corrected chi connectivity index (χ4v) is 0.322. The molecule has 0 aliphatic rings. The normalized spacial score (nSPS) is 13.9. The first-order valence-electron chi connectivity index (χ1n) is 2.73. The molecule has 50 valence electrons. The van der Waals surface area contributed by atoms with Crippen LogP contribution >= 0.6 is 0 Å². The number of aliphatic hydroxyl groups excluding tert-OH is 1. The Morgan fingerprint density at radius 1 is 1.75 bits per heavy atom. The predicted octanol–water partition coefficient (Wildman–Crippen LogP) is -0.657. The van der Waals surface area contributed by atoms with Crippen molar-refractivity contribution in [2.75, 3.05) is 19.8 Å². The molecular formula is C5H13NO2. The van der Waals surface area contributed by atoms with Crippen molar-refractivity contribution in [3.8, 4) is 0 Å². The molecule has 3 N–H and O–H groups in total. The van der Waals surface area contributed by atoms with Crippen LogP contribution in [0, 0.1) is 0 Å². The maximum atomic E-state index is 8.40. The number of hydrogen-bond donors (Lipinski definition) is 2. The van der Waals surface area contributed by atoms with Crippen LogP contribution in [0.2, 0.25) is 0 Å². The minimum absolute atomic E-state index is 0.0694. The van der Waals surface area contributed by atoms with E-state index in [4.69, 9.17) is 15.6 Å². The highest BCUT2D eigenvalue weighted by atomic mass is 16.5. The lowest BCUT2D eigenvalue weighted by molar-refractivity contribution is 0.0294. The van der Waals surface area contributed by atoms with Crippen LogP contribution in [0.5, 0.6) is 0 Å². The molecule has 1 atom stereocenters. The van der Waals surface area contributed by atoms with Crippen LogP contribution in [-0.4, -0.2) is 31.0 Å². The SMILES string of the molecule is C[C@H](CO)OCCN. The van der Waals surface area contributed by atoms with Crippen LogP contribution in [0.25, 0.3) is 0 Å². The van der Waals surface area contributed by atoms with E-state index in [-0.39, 0.29) is 12.7 Å². The van der Waals surface area contributed by atoms with Crippen molar-refractivity contribution in [3.63, 3.8) is 0 Å². The summed E-state index contributed by atoms with van der Waals surface area (Å²) in [6.07, 6.45) is -0.0708. The average Bonchev–Trinajstić information content (AvgIpc) is 1.83. The van der Waals surface area contributed by atoms with Gasteiger partial charge >= 0.3 is 0 Å². The first-order chi connectivity index (χ1) is 3.81. The van der Waals surface area contributed by atoms with Crippen molar-refractivity contribution in [3.05, 3.63) is 0 Å². The van der Waals surface area contributed by atoms with Gasteiger partial charge in [0.2, 0.25) is 0 Å². The van der Waals surface area contributed by atoms with E-state index >= 15 is 0 Å². The summed E-state index contributed by atoms with van der Waals surface area (Å²) >= 11 is 0. The zero-order valence-electron chi connectivity index (χ0n) is 5.13. The molecule has 3 nitrogen and oxygen atoms in total. The average molecular weight is 119 g/mol. The summed E-state index contributed by atoms with van der Waals surface area (Å²) in [5.41, 5.74) is 5.12. The molecule has 0 aliphatic carbocycles. The number of rotatable bonds is 4. The summed E-state index contributed by atoms with van der Waals surface area (Å²) in [6, 6.07) is 0. The van der Waals surface area contributed by atoms with E-state index in [2.05, 4.69) is 0 Å². The lowest BCUT2D eigenvalue weighted by atomic mass is 10.4. The van der Waals surface area contributed by atoms with Crippen molar-refractivity contribution in [2.24, 2.45) is 5.73 Å². The van der Waals surface area contributed by atoms with E-state index in [0.717, 1.165) is 0 Å². The molecule has 0 heterocycles. The quantitative estimate of drug-likeness (QED) is 0.516. The summed E-state index contributed by atoms with van der Waals surface area (Å²) in [5, 5.41) is 8.40. The highest BCUT2D eigenvalue weighted by molar-refractivity contribution is 4.43. The molecule has 0 radical (unpaired) electrons. The molecule has 3 heteroatoms. The fourth-order valence-electron chi connectivity index (χ4n) is 0.322. The van der Waals surface area contributed by atoms with Crippen LogP contribution in [0.15, 0.2) is 0 Å². The first-order valence-corrected chi connectivity index (χ1v) is 2.73. The van der Waals surface area contributed by atoms with Crippen molar-refractivity contribution in [1.82, 2.24) is 0 Å². The highest BCUT2D eigenvalue weighted by Gasteiger charge is 1.95. The number of ether oxygens (including phenoxy) is 1. The van der Waals surface area contributed by atoms with Gasteiger partial charge in [-0.25, -0.2) is 0 Å². The molecule has 0 aromatic carbocycles. The fraction of sp³-hybridized carbons (Fsp3) is 1.00. The van der Waals surface area contributed by atoms with Crippen molar-refractivity contribution in [2.45, 2.75) is 13.0 Å². The van der Waals surface area contributed by atoms with E-state index in [0.29, 0.717) is 13.2 Å². The van der Waals surface area contributed by atoms with Gasteiger partial charge in [0.05, 0.1) is 19.3 Å². The number of nitrogens with two attached hydrogens (primary N) is 1. The van der Waals surface area contributed by atoms with Gasteiger partial charge in [-0.1, -0.05) is 0 Å². The van der Waals surface area contributed by atoms with E-state index in [1.54, 1.807) is 6.92 Å². The third kappa shape index (κ3) is 4.05. The van der Waals surface area contributed by atoms with E-state index in [1.807, 2.05) is 0 Å². The highest BCUT2D eigenvalue weighted by Crippen LogP contribution is 1.84. The largest absolute Gasteiger partial charge is 0.394 e. The molecule has 0 bridgehead atoms. The minimum Gasteiger partial charge on any atom is -0.394 e. The van der Waals surface area contributed by atoms with Gasteiger partial charge in [0.25, 0.3) is 0 Å². The Morgan fingerprint density at radius 3 is 2.75 bits per heavy atom. The van der Waals surface area contributed by atoms with E-state index in [9.17, 15) is 0 Å². The first kappa shape index (κ1) is 7.88. The monoisotopic (exact) mass is 119 g/mol. The molecule has 0 aromatic heterocycles. The van der Waals surface area contributed by atoms with Gasteiger partial charge in [0, 0.05) is 6.54 Å². The molecule has 0 rings (SSSR count). The molecule has 8 heavy (non-hydrogen) atoms. The zero-order valence-corrected chi connectivity index (χ0v) is 5.13. The standard InChI is InChI=1S/C5H13NO2/c1-5(4-7)8-3-2-6/h5,7H,2-4,6H2,1H3/t5-/m1/s1.